The van der Waals surface area contributed by atoms with E-state index in [2.05, 4.69) is 20.3 Å². The number of pyridine rings is 2. The van der Waals surface area contributed by atoms with Crippen LogP contribution in [-0.4, -0.2) is 42.3 Å². The number of alkyl halides is 3. The number of hydrogen-bond donors (Lipinski definition) is 0. The monoisotopic (exact) mass is 432 g/mol. The highest BCUT2D eigenvalue weighted by Gasteiger charge is 2.32. The van der Waals surface area contributed by atoms with Gasteiger partial charge in [-0.15, -0.1) is 5.10 Å². The van der Waals surface area contributed by atoms with Crippen molar-refractivity contribution >= 4 is 5.91 Å². The molecule has 0 bridgehead atoms. The minimum atomic E-state index is -4.51. The van der Waals surface area contributed by atoms with Gasteiger partial charge in [-0.1, -0.05) is 5.21 Å². The number of carbonyl (C=O) groups excluding carboxylic acids is 1. The van der Waals surface area contributed by atoms with Gasteiger partial charge >= 0.3 is 6.18 Å². The van der Waals surface area contributed by atoms with Crippen molar-refractivity contribution in [3.63, 3.8) is 0 Å². The van der Waals surface area contributed by atoms with Crippen LogP contribution in [0, 0.1) is 6.92 Å². The first-order valence-electron chi connectivity index (χ1n) is 9.53. The summed E-state index contributed by atoms with van der Waals surface area (Å²) in [6.45, 7) is 4.51. The van der Waals surface area contributed by atoms with E-state index in [9.17, 15) is 18.0 Å². The zero-order chi connectivity index (χ0) is 22.2. The molecule has 162 valence electrons. The van der Waals surface area contributed by atoms with E-state index in [1.54, 1.807) is 24.9 Å². The van der Waals surface area contributed by atoms with Crippen LogP contribution in [0.25, 0.3) is 5.69 Å². The Morgan fingerprint density at radius 2 is 2.00 bits per heavy atom. The number of rotatable bonds is 4. The normalized spacial score (nSPS) is 13.8. The summed E-state index contributed by atoms with van der Waals surface area (Å²) in [7, 11) is 0. The fraction of sp³-hybridized carbons (Fsp3) is 0.350. The topological polar surface area (TPSA) is 86.0 Å². The van der Waals surface area contributed by atoms with E-state index in [0.717, 1.165) is 23.4 Å². The van der Waals surface area contributed by atoms with Gasteiger partial charge in [-0.05, 0) is 36.6 Å². The van der Waals surface area contributed by atoms with Crippen LogP contribution < -0.4 is 4.74 Å². The average Bonchev–Trinajstić information content (AvgIpc) is 3.11. The summed E-state index contributed by atoms with van der Waals surface area (Å²) < 4.78 is 45.5. The van der Waals surface area contributed by atoms with Gasteiger partial charge in [0.1, 0.15) is 18.0 Å². The van der Waals surface area contributed by atoms with E-state index < -0.39 is 11.9 Å². The standard InChI is InChI=1S/C20H19F3N6O2/c1-12-17(29(27-26-12)16-3-4-18(24-9-16)20(21,22)23)11-31-19-7-14-5-6-28(13(2)30)10-15(14)8-25-19/h3-4,7-9H,5-6,10-11H2,1-2H3. The molecule has 0 spiro atoms. The molecule has 0 aliphatic carbocycles. The molecular formula is C20H19F3N6O2. The molecule has 0 unspecified atom stereocenters. The minimum Gasteiger partial charge on any atom is -0.471 e. The predicted octanol–water partition coefficient (Wildman–Crippen LogP) is 2.87. The van der Waals surface area contributed by atoms with Crippen molar-refractivity contribution in [2.45, 2.75) is 39.6 Å². The molecule has 3 aromatic rings. The van der Waals surface area contributed by atoms with Crippen LogP contribution in [0.2, 0.25) is 0 Å². The summed E-state index contributed by atoms with van der Waals surface area (Å²) in [5.74, 6) is 0.438. The molecule has 1 aliphatic heterocycles. The maximum atomic E-state index is 12.8. The third-order valence-corrected chi connectivity index (χ3v) is 5.11. The summed E-state index contributed by atoms with van der Waals surface area (Å²) in [4.78, 5) is 21.1. The van der Waals surface area contributed by atoms with Crippen molar-refractivity contribution in [1.29, 1.82) is 0 Å². The molecule has 4 heterocycles. The largest absolute Gasteiger partial charge is 0.471 e. The maximum absolute atomic E-state index is 12.8. The van der Waals surface area contributed by atoms with Crippen LogP contribution in [0.4, 0.5) is 13.2 Å². The number of aromatic nitrogens is 5. The van der Waals surface area contributed by atoms with Crippen molar-refractivity contribution in [3.8, 4) is 11.6 Å². The molecule has 0 fully saturated rings. The summed E-state index contributed by atoms with van der Waals surface area (Å²) in [6, 6.07) is 4.02. The Morgan fingerprint density at radius 3 is 2.68 bits per heavy atom. The Morgan fingerprint density at radius 1 is 1.19 bits per heavy atom. The molecule has 0 radical (unpaired) electrons. The van der Waals surface area contributed by atoms with Crippen LogP contribution in [0.15, 0.2) is 30.6 Å². The van der Waals surface area contributed by atoms with Gasteiger partial charge in [0.2, 0.25) is 11.8 Å². The van der Waals surface area contributed by atoms with Crippen molar-refractivity contribution < 1.29 is 22.7 Å². The third-order valence-electron chi connectivity index (χ3n) is 5.11. The van der Waals surface area contributed by atoms with Crippen LogP contribution in [0.3, 0.4) is 0 Å². The van der Waals surface area contributed by atoms with E-state index in [4.69, 9.17) is 4.74 Å². The molecule has 0 saturated carbocycles. The first-order valence-corrected chi connectivity index (χ1v) is 9.53. The summed E-state index contributed by atoms with van der Waals surface area (Å²) >= 11 is 0. The fourth-order valence-corrected chi connectivity index (χ4v) is 3.34. The summed E-state index contributed by atoms with van der Waals surface area (Å²) in [6.07, 6.45) is -1.01. The molecule has 3 aromatic heterocycles. The number of ether oxygens (including phenoxy) is 1. The van der Waals surface area contributed by atoms with E-state index >= 15 is 0 Å². The molecule has 1 amide bonds. The van der Waals surface area contributed by atoms with Gasteiger partial charge in [-0.25, -0.2) is 14.6 Å². The van der Waals surface area contributed by atoms with Crippen LogP contribution in [0.1, 0.15) is 35.1 Å². The zero-order valence-corrected chi connectivity index (χ0v) is 16.8. The van der Waals surface area contributed by atoms with Crippen molar-refractivity contribution in [2.24, 2.45) is 0 Å². The average molecular weight is 432 g/mol. The fourth-order valence-electron chi connectivity index (χ4n) is 3.34. The van der Waals surface area contributed by atoms with Gasteiger partial charge in [0.05, 0.1) is 17.6 Å². The molecule has 0 atom stereocenters. The Hall–Kier alpha value is -3.50. The molecule has 11 heteroatoms. The van der Waals surface area contributed by atoms with Crippen molar-refractivity contribution in [1.82, 2.24) is 29.9 Å². The molecule has 0 saturated heterocycles. The minimum absolute atomic E-state index is 0.0277. The van der Waals surface area contributed by atoms with Gasteiger partial charge in [0.25, 0.3) is 0 Å². The summed E-state index contributed by atoms with van der Waals surface area (Å²) in [5, 5.41) is 7.99. The third kappa shape index (κ3) is 4.35. The highest BCUT2D eigenvalue weighted by atomic mass is 19.4. The Labute approximate surface area is 175 Å². The van der Waals surface area contributed by atoms with Gasteiger partial charge in [0, 0.05) is 32.3 Å². The van der Waals surface area contributed by atoms with E-state index in [1.165, 1.54) is 10.7 Å². The predicted molar refractivity (Wildman–Crippen MR) is 102 cm³/mol. The molecule has 8 nitrogen and oxygen atoms in total. The molecule has 4 rings (SSSR count). The van der Waals surface area contributed by atoms with Crippen LogP contribution in [-0.2, 0) is 30.5 Å². The lowest BCUT2D eigenvalue weighted by molar-refractivity contribution is -0.141. The number of hydrogen-bond acceptors (Lipinski definition) is 6. The van der Waals surface area contributed by atoms with E-state index in [-0.39, 0.29) is 12.5 Å². The number of carbonyl (C=O) groups is 1. The van der Waals surface area contributed by atoms with Gasteiger partial charge < -0.3 is 9.64 Å². The van der Waals surface area contributed by atoms with Gasteiger partial charge in [0.15, 0.2) is 0 Å². The van der Waals surface area contributed by atoms with E-state index in [1.807, 2.05) is 6.07 Å². The maximum Gasteiger partial charge on any atom is 0.433 e. The van der Waals surface area contributed by atoms with Crippen LogP contribution >= 0.6 is 0 Å². The van der Waals surface area contributed by atoms with Crippen molar-refractivity contribution in [2.75, 3.05) is 6.54 Å². The Balaban J connectivity index is 1.50. The molecule has 0 aromatic carbocycles. The lowest BCUT2D eigenvalue weighted by Crippen LogP contribution is -2.34. The first kappa shape index (κ1) is 20.8. The second kappa shape index (κ2) is 7.97. The molecule has 1 aliphatic rings. The Kier molecular flexibility index (Phi) is 5.34. The van der Waals surface area contributed by atoms with Gasteiger partial charge in [-0.3, -0.25) is 4.79 Å². The number of aryl methyl sites for hydroxylation is 1. The second-order valence-corrected chi connectivity index (χ2v) is 7.20. The molecule has 0 N–H and O–H groups in total. The smallest absolute Gasteiger partial charge is 0.433 e. The van der Waals surface area contributed by atoms with E-state index in [0.29, 0.717) is 42.5 Å². The number of amides is 1. The molecular weight excluding hydrogens is 413 g/mol. The lowest BCUT2D eigenvalue weighted by atomic mass is 10.0. The first-order chi connectivity index (χ1) is 14.7. The number of nitrogens with zero attached hydrogens (tertiary/aromatic N) is 6. The van der Waals surface area contributed by atoms with Gasteiger partial charge in [-0.2, -0.15) is 13.2 Å². The zero-order valence-electron chi connectivity index (χ0n) is 16.8. The van der Waals surface area contributed by atoms with Crippen LogP contribution in [0.5, 0.6) is 5.88 Å². The highest BCUT2D eigenvalue weighted by Crippen LogP contribution is 2.28. The quantitative estimate of drug-likeness (QED) is 0.630. The number of halogens is 3. The number of fused-ring (bicyclic) bond motifs is 1. The van der Waals surface area contributed by atoms with Crippen molar-refractivity contribution in [3.05, 3.63) is 58.8 Å². The second-order valence-electron chi connectivity index (χ2n) is 7.20. The summed E-state index contributed by atoms with van der Waals surface area (Å²) in [5.41, 5.74) is 2.56. The molecule has 31 heavy (non-hydrogen) atoms. The Bertz CT molecular complexity index is 1110. The SMILES string of the molecule is CC(=O)N1CCc2cc(OCc3c(C)nnn3-c3ccc(C(F)(F)F)nc3)ncc2C1. The lowest BCUT2D eigenvalue weighted by Gasteiger charge is -2.27. The highest BCUT2D eigenvalue weighted by molar-refractivity contribution is 5.73.